The maximum atomic E-state index is 2.43. The summed E-state index contributed by atoms with van der Waals surface area (Å²) in [6.07, 6.45) is 30.9. The van der Waals surface area contributed by atoms with Gasteiger partial charge in [-0.3, -0.25) is 0 Å². The Hall–Kier alpha value is -0.260. The first-order chi connectivity index (χ1) is 10.9. The Bertz CT molecular complexity index is 236. The molecule has 1 saturated carbocycles. The summed E-state index contributed by atoms with van der Waals surface area (Å²) >= 11 is 0. The van der Waals surface area contributed by atoms with Gasteiger partial charge in [0.15, 0.2) is 0 Å². The van der Waals surface area contributed by atoms with E-state index in [0.29, 0.717) is 0 Å². The first-order valence-corrected chi connectivity index (χ1v) is 10.6. The van der Waals surface area contributed by atoms with Gasteiger partial charge in [-0.1, -0.05) is 109 Å². The van der Waals surface area contributed by atoms with Gasteiger partial charge in [-0.15, -0.1) is 0 Å². The van der Waals surface area contributed by atoms with Gasteiger partial charge in [-0.25, -0.2) is 0 Å². The van der Waals surface area contributed by atoms with Crippen LogP contribution < -0.4 is 0 Å². The van der Waals surface area contributed by atoms with Crippen LogP contribution in [0.2, 0.25) is 0 Å². The summed E-state index contributed by atoms with van der Waals surface area (Å²) in [6.45, 7) is 2.29. The molecule has 1 aliphatic rings. The highest BCUT2D eigenvalue weighted by Crippen LogP contribution is 2.31. The van der Waals surface area contributed by atoms with Gasteiger partial charge in [0.25, 0.3) is 0 Å². The smallest absolute Gasteiger partial charge is 0.0351 e. The molecule has 0 nitrogen and oxygen atoms in total. The van der Waals surface area contributed by atoms with Crippen LogP contribution in [0.3, 0.4) is 0 Å². The quantitative estimate of drug-likeness (QED) is 0.199. The van der Waals surface area contributed by atoms with E-state index >= 15 is 0 Å². The van der Waals surface area contributed by atoms with Crippen LogP contribution in [0.1, 0.15) is 122 Å². The minimum Gasteiger partial charge on any atom is -0.0885 e. The first kappa shape index (κ1) is 19.8. The third-order valence-electron chi connectivity index (χ3n) is 5.35. The third kappa shape index (κ3) is 12.3. The normalized spacial score (nSPS) is 15.5. The second-order valence-electron chi connectivity index (χ2n) is 7.52. The Labute approximate surface area is 141 Å². The van der Waals surface area contributed by atoms with Gasteiger partial charge >= 0.3 is 0 Å². The summed E-state index contributed by atoms with van der Waals surface area (Å²) in [6, 6.07) is 0. The lowest BCUT2D eigenvalue weighted by Crippen LogP contribution is -2.10. The van der Waals surface area contributed by atoms with E-state index in [2.05, 4.69) is 19.1 Å². The number of allylic oxidation sites excluding steroid dienone is 2. The number of hydrogen-bond acceptors (Lipinski definition) is 0. The van der Waals surface area contributed by atoms with Gasteiger partial charge in [0.2, 0.25) is 0 Å². The molecule has 0 aromatic carbocycles. The Morgan fingerprint density at radius 2 is 1.14 bits per heavy atom. The fraction of sp³-hybridized carbons (Fsp3) is 0.909. The van der Waals surface area contributed by atoms with Gasteiger partial charge in [0, 0.05) is 0 Å². The SMILES string of the molecule is CCCCCCCC/C=C/CCCCCCCCC1CCC1. The van der Waals surface area contributed by atoms with E-state index in [9.17, 15) is 0 Å². The molecular weight excluding hydrogens is 264 g/mol. The molecule has 0 amide bonds. The fourth-order valence-electron chi connectivity index (χ4n) is 3.46. The second kappa shape index (κ2) is 15.6. The van der Waals surface area contributed by atoms with Crippen LogP contribution >= 0.6 is 0 Å². The maximum absolute atomic E-state index is 2.43. The van der Waals surface area contributed by atoms with Gasteiger partial charge in [-0.05, 0) is 31.6 Å². The zero-order valence-electron chi connectivity index (χ0n) is 15.5. The summed E-state index contributed by atoms with van der Waals surface area (Å²) in [5.74, 6) is 1.12. The highest BCUT2D eigenvalue weighted by molar-refractivity contribution is 4.81. The van der Waals surface area contributed by atoms with Crippen molar-refractivity contribution >= 4 is 0 Å². The van der Waals surface area contributed by atoms with Crippen molar-refractivity contribution in [3.05, 3.63) is 12.2 Å². The summed E-state index contributed by atoms with van der Waals surface area (Å²) in [7, 11) is 0. The Morgan fingerprint density at radius 1 is 0.636 bits per heavy atom. The van der Waals surface area contributed by atoms with E-state index in [1.807, 2.05) is 0 Å². The Kier molecular flexibility index (Phi) is 14.1. The second-order valence-corrected chi connectivity index (χ2v) is 7.52. The molecule has 0 saturated heterocycles. The largest absolute Gasteiger partial charge is 0.0885 e. The van der Waals surface area contributed by atoms with E-state index in [1.165, 1.54) is 116 Å². The van der Waals surface area contributed by atoms with Crippen LogP contribution in [0.5, 0.6) is 0 Å². The minimum atomic E-state index is 1.12. The van der Waals surface area contributed by atoms with Crippen LogP contribution in [0.15, 0.2) is 12.2 Å². The molecule has 22 heavy (non-hydrogen) atoms. The first-order valence-electron chi connectivity index (χ1n) is 10.6. The number of hydrogen-bond donors (Lipinski definition) is 0. The van der Waals surface area contributed by atoms with Gasteiger partial charge in [0.1, 0.15) is 0 Å². The van der Waals surface area contributed by atoms with Crippen LogP contribution in [0.25, 0.3) is 0 Å². The van der Waals surface area contributed by atoms with E-state index in [0.717, 1.165) is 5.92 Å². The van der Waals surface area contributed by atoms with Gasteiger partial charge in [-0.2, -0.15) is 0 Å². The summed E-state index contributed by atoms with van der Waals surface area (Å²) in [5, 5.41) is 0. The molecule has 0 spiro atoms. The average molecular weight is 307 g/mol. The standard InChI is InChI=1S/C22H42/c1-2-3-4-5-6-7-8-9-10-11-12-13-14-15-16-17-19-22-20-18-21-22/h9-10,22H,2-8,11-21H2,1H3/b10-9+. The highest BCUT2D eigenvalue weighted by Gasteiger charge is 2.15. The minimum absolute atomic E-state index is 1.12. The van der Waals surface area contributed by atoms with Crippen LogP contribution in [-0.2, 0) is 0 Å². The molecule has 0 bridgehead atoms. The molecule has 0 heterocycles. The number of unbranched alkanes of at least 4 members (excludes halogenated alkanes) is 12. The van der Waals surface area contributed by atoms with E-state index < -0.39 is 0 Å². The molecule has 0 unspecified atom stereocenters. The molecule has 0 atom stereocenters. The van der Waals surface area contributed by atoms with E-state index in [4.69, 9.17) is 0 Å². The highest BCUT2D eigenvalue weighted by atomic mass is 14.2. The van der Waals surface area contributed by atoms with E-state index in [-0.39, 0.29) is 0 Å². The van der Waals surface area contributed by atoms with Gasteiger partial charge in [0.05, 0.1) is 0 Å². The average Bonchev–Trinajstić information content (AvgIpc) is 2.48. The molecule has 1 aliphatic carbocycles. The predicted molar refractivity (Wildman–Crippen MR) is 101 cm³/mol. The molecule has 0 N–H and O–H groups in total. The molecule has 0 aromatic heterocycles. The number of rotatable bonds is 16. The van der Waals surface area contributed by atoms with Crippen molar-refractivity contribution < 1.29 is 0 Å². The molecule has 1 rings (SSSR count). The van der Waals surface area contributed by atoms with Crippen LogP contribution in [-0.4, -0.2) is 0 Å². The summed E-state index contributed by atoms with van der Waals surface area (Å²) < 4.78 is 0. The molecule has 0 aliphatic heterocycles. The van der Waals surface area contributed by atoms with Crippen molar-refractivity contribution in [2.24, 2.45) is 5.92 Å². The molecule has 130 valence electrons. The van der Waals surface area contributed by atoms with Crippen molar-refractivity contribution in [1.29, 1.82) is 0 Å². The van der Waals surface area contributed by atoms with Crippen LogP contribution in [0, 0.1) is 5.92 Å². The summed E-state index contributed by atoms with van der Waals surface area (Å²) in [5.41, 5.74) is 0. The molecule has 1 fully saturated rings. The zero-order chi connectivity index (χ0) is 15.7. The zero-order valence-corrected chi connectivity index (χ0v) is 15.5. The third-order valence-corrected chi connectivity index (χ3v) is 5.35. The van der Waals surface area contributed by atoms with Crippen molar-refractivity contribution in [2.45, 2.75) is 122 Å². The summed E-state index contributed by atoms with van der Waals surface area (Å²) in [4.78, 5) is 0. The van der Waals surface area contributed by atoms with Crippen molar-refractivity contribution in [3.63, 3.8) is 0 Å². The van der Waals surface area contributed by atoms with E-state index in [1.54, 1.807) is 0 Å². The monoisotopic (exact) mass is 306 g/mol. The van der Waals surface area contributed by atoms with Crippen molar-refractivity contribution in [1.82, 2.24) is 0 Å². The maximum Gasteiger partial charge on any atom is -0.0351 e. The lowest BCUT2D eigenvalue weighted by atomic mass is 9.81. The van der Waals surface area contributed by atoms with Crippen molar-refractivity contribution in [3.8, 4) is 0 Å². The van der Waals surface area contributed by atoms with Gasteiger partial charge < -0.3 is 0 Å². The predicted octanol–water partition coefficient (Wildman–Crippen LogP) is 8.21. The van der Waals surface area contributed by atoms with Crippen molar-refractivity contribution in [2.75, 3.05) is 0 Å². The topological polar surface area (TPSA) is 0 Å². The fourth-order valence-corrected chi connectivity index (χ4v) is 3.46. The molecule has 0 radical (unpaired) electrons. The Balaban J connectivity index is 1.67. The molecule has 0 heteroatoms. The Morgan fingerprint density at radius 3 is 1.64 bits per heavy atom. The molecular formula is C22H42. The lowest BCUT2D eigenvalue weighted by Gasteiger charge is -2.24. The van der Waals surface area contributed by atoms with Crippen LogP contribution in [0.4, 0.5) is 0 Å². The lowest BCUT2D eigenvalue weighted by molar-refractivity contribution is 0.286. The molecule has 0 aromatic rings.